The summed E-state index contributed by atoms with van der Waals surface area (Å²) in [7, 11) is 0. The van der Waals surface area contributed by atoms with E-state index in [9.17, 15) is 0 Å². The van der Waals surface area contributed by atoms with Gasteiger partial charge < -0.3 is 4.57 Å². The van der Waals surface area contributed by atoms with Gasteiger partial charge >= 0.3 is 0 Å². The molecule has 11 aromatic rings. The molecule has 0 atom stereocenters. The Hall–Kier alpha value is -7.43. The second-order valence-electron chi connectivity index (χ2n) is 14.1. The molecule has 0 spiro atoms. The standard InChI is InChI=1S/C51H32N4/c1-3-12-35(13-4-1)49-52-50(36-14-5-2-6-15-36)54-51(53-49)37-23-27-41(28-24-37)55-46-18-10-9-17-44(46)48-43-29-25-38(31-40(43)26-30-47(48)55)39-22-21-34-20-19-33-11-7-8-16-42(33)45(34)32-39/h1-32H. The Balaban J connectivity index is 1.02. The topological polar surface area (TPSA) is 43.6 Å². The Kier molecular flexibility index (Phi) is 7.14. The van der Waals surface area contributed by atoms with E-state index in [1.807, 2.05) is 60.7 Å². The smallest absolute Gasteiger partial charge is 0.164 e. The average molecular weight is 701 g/mol. The largest absolute Gasteiger partial charge is 0.309 e. The van der Waals surface area contributed by atoms with E-state index in [-0.39, 0.29) is 0 Å². The number of hydrogen-bond donors (Lipinski definition) is 0. The second-order valence-corrected chi connectivity index (χ2v) is 14.1. The van der Waals surface area contributed by atoms with Gasteiger partial charge in [-0.05, 0) is 92.0 Å². The third kappa shape index (κ3) is 5.26. The predicted molar refractivity (Wildman–Crippen MR) is 228 cm³/mol. The molecule has 0 radical (unpaired) electrons. The molecule has 4 heteroatoms. The van der Waals surface area contributed by atoms with Crippen LogP contribution in [0.3, 0.4) is 0 Å². The number of aromatic nitrogens is 4. The lowest BCUT2D eigenvalue weighted by Crippen LogP contribution is -2.00. The molecule has 0 bridgehead atoms. The molecule has 0 aliphatic rings. The maximum absolute atomic E-state index is 4.95. The lowest BCUT2D eigenvalue weighted by molar-refractivity contribution is 1.07. The SMILES string of the molecule is c1ccc(-c2nc(-c3ccccc3)nc(-c3ccc(-n4c5ccccc5c5c6ccc(-c7ccc8ccc9ccccc9c8c7)cc6ccc54)cc3)n2)cc1. The molecule has 4 nitrogen and oxygen atoms in total. The summed E-state index contributed by atoms with van der Waals surface area (Å²) in [6.07, 6.45) is 0. The number of rotatable bonds is 5. The Labute approximate surface area is 317 Å². The van der Waals surface area contributed by atoms with Crippen LogP contribution in [-0.2, 0) is 0 Å². The van der Waals surface area contributed by atoms with Gasteiger partial charge in [-0.15, -0.1) is 0 Å². The van der Waals surface area contributed by atoms with E-state index in [1.54, 1.807) is 0 Å². The highest BCUT2D eigenvalue weighted by molar-refractivity contribution is 6.21. The van der Waals surface area contributed by atoms with E-state index in [0.717, 1.165) is 22.4 Å². The van der Waals surface area contributed by atoms with Gasteiger partial charge in [-0.1, -0.05) is 146 Å². The van der Waals surface area contributed by atoms with Crippen LogP contribution in [0, 0.1) is 0 Å². The Morgan fingerprint density at radius 1 is 0.291 bits per heavy atom. The van der Waals surface area contributed by atoms with E-state index in [0.29, 0.717) is 17.5 Å². The molecule has 2 aromatic heterocycles. The number of nitrogens with zero attached hydrogens (tertiary/aromatic N) is 4. The van der Waals surface area contributed by atoms with E-state index in [2.05, 4.69) is 138 Å². The first-order valence-electron chi connectivity index (χ1n) is 18.6. The number of hydrogen-bond acceptors (Lipinski definition) is 3. The number of para-hydroxylation sites is 1. The summed E-state index contributed by atoms with van der Waals surface area (Å²) in [5, 5.41) is 10.0. The summed E-state index contributed by atoms with van der Waals surface area (Å²) in [6, 6.07) is 68.8. The fraction of sp³-hybridized carbons (Fsp3) is 0. The van der Waals surface area contributed by atoms with Crippen molar-refractivity contribution in [2.24, 2.45) is 0 Å². The quantitative estimate of drug-likeness (QED) is 0.168. The van der Waals surface area contributed by atoms with Crippen LogP contribution in [-0.4, -0.2) is 19.5 Å². The summed E-state index contributed by atoms with van der Waals surface area (Å²) < 4.78 is 2.37. The van der Waals surface area contributed by atoms with Gasteiger partial charge in [0.05, 0.1) is 11.0 Å². The molecular formula is C51H32N4. The summed E-state index contributed by atoms with van der Waals surface area (Å²) in [4.78, 5) is 14.8. The molecular weight excluding hydrogens is 669 g/mol. The third-order valence-electron chi connectivity index (χ3n) is 10.8. The van der Waals surface area contributed by atoms with Gasteiger partial charge in [0.2, 0.25) is 0 Å². The first-order chi connectivity index (χ1) is 27.2. The van der Waals surface area contributed by atoms with Crippen molar-refractivity contribution < 1.29 is 0 Å². The van der Waals surface area contributed by atoms with Crippen LogP contribution >= 0.6 is 0 Å². The van der Waals surface area contributed by atoms with Gasteiger partial charge in [0.1, 0.15) is 0 Å². The molecule has 9 aromatic carbocycles. The van der Waals surface area contributed by atoms with Crippen molar-refractivity contribution in [2.75, 3.05) is 0 Å². The molecule has 2 heterocycles. The molecule has 11 rings (SSSR count). The minimum atomic E-state index is 0.642. The fourth-order valence-electron chi connectivity index (χ4n) is 8.13. The van der Waals surface area contributed by atoms with Crippen molar-refractivity contribution in [2.45, 2.75) is 0 Å². The van der Waals surface area contributed by atoms with Crippen LogP contribution in [0.2, 0.25) is 0 Å². The Bertz CT molecular complexity index is 3180. The normalized spacial score (nSPS) is 11.6. The minimum absolute atomic E-state index is 0.642. The molecule has 0 aliphatic heterocycles. The molecule has 55 heavy (non-hydrogen) atoms. The van der Waals surface area contributed by atoms with Gasteiger partial charge in [-0.3, -0.25) is 0 Å². The third-order valence-corrected chi connectivity index (χ3v) is 10.8. The molecule has 0 fully saturated rings. The molecule has 0 unspecified atom stereocenters. The minimum Gasteiger partial charge on any atom is -0.309 e. The zero-order valence-electron chi connectivity index (χ0n) is 29.8. The average Bonchev–Trinajstić information content (AvgIpc) is 3.61. The molecule has 0 aliphatic carbocycles. The summed E-state index contributed by atoms with van der Waals surface area (Å²) in [6.45, 7) is 0. The van der Waals surface area contributed by atoms with Crippen molar-refractivity contribution in [1.29, 1.82) is 0 Å². The molecule has 256 valence electrons. The van der Waals surface area contributed by atoms with E-state index < -0.39 is 0 Å². The van der Waals surface area contributed by atoms with Gasteiger partial charge in [0, 0.05) is 33.2 Å². The van der Waals surface area contributed by atoms with Crippen molar-refractivity contribution >= 4 is 54.1 Å². The van der Waals surface area contributed by atoms with Gasteiger partial charge in [-0.25, -0.2) is 15.0 Å². The van der Waals surface area contributed by atoms with Crippen LogP contribution in [0.5, 0.6) is 0 Å². The second kappa shape index (κ2) is 12.6. The van der Waals surface area contributed by atoms with Crippen molar-refractivity contribution in [3.05, 3.63) is 194 Å². The van der Waals surface area contributed by atoms with E-state index in [1.165, 1.54) is 65.3 Å². The van der Waals surface area contributed by atoms with Gasteiger partial charge in [0.25, 0.3) is 0 Å². The van der Waals surface area contributed by atoms with Crippen LogP contribution < -0.4 is 0 Å². The van der Waals surface area contributed by atoms with Crippen LogP contribution in [0.1, 0.15) is 0 Å². The Morgan fingerprint density at radius 3 is 1.51 bits per heavy atom. The monoisotopic (exact) mass is 700 g/mol. The maximum Gasteiger partial charge on any atom is 0.164 e. The number of fused-ring (bicyclic) bond motifs is 8. The van der Waals surface area contributed by atoms with Crippen LogP contribution in [0.4, 0.5) is 0 Å². The Morgan fingerprint density at radius 2 is 0.800 bits per heavy atom. The molecule has 0 saturated carbocycles. The van der Waals surface area contributed by atoms with Crippen LogP contribution in [0.15, 0.2) is 194 Å². The summed E-state index contributed by atoms with van der Waals surface area (Å²) >= 11 is 0. The lowest BCUT2D eigenvalue weighted by Gasteiger charge is -2.11. The lowest BCUT2D eigenvalue weighted by atomic mass is 9.95. The molecule has 0 amide bonds. The fourth-order valence-corrected chi connectivity index (χ4v) is 8.13. The number of benzene rings is 9. The molecule has 0 saturated heterocycles. The highest BCUT2D eigenvalue weighted by Crippen LogP contribution is 2.39. The van der Waals surface area contributed by atoms with Gasteiger partial charge in [0.15, 0.2) is 17.5 Å². The maximum atomic E-state index is 4.95. The van der Waals surface area contributed by atoms with E-state index in [4.69, 9.17) is 15.0 Å². The highest BCUT2D eigenvalue weighted by Gasteiger charge is 2.17. The van der Waals surface area contributed by atoms with Crippen molar-refractivity contribution in [1.82, 2.24) is 19.5 Å². The van der Waals surface area contributed by atoms with E-state index >= 15 is 0 Å². The predicted octanol–water partition coefficient (Wildman–Crippen LogP) is 13.1. The van der Waals surface area contributed by atoms with Crippen LogP contribution in [0.25, 0.3) is 105 Å². The summed E-state index contributed by atoms with van der Waals surface area (Å²) in [5.41, 5.74) is 8.69. The first-order valence-corrected chi connectivity index (χ1v) is 18.6. The van der Waals surface area contributed by atoms with Gasteiger partial charge in [-0.2, -0.15) is 0 Å². The highest BCUT2D eigenvalue weighted by atomic mass is 15.0. The zero-order chi connectivity index (χ0) is 36.3. The summed E-state index contributed by atoms with van der Waals surface area (Å²) in [5.74, 6) is 1.95. The first kappa shape index (κ1) is 31.1. The zero-order valence-corrected chi connectivity index (χ0v) is 29.8. The van der Waals surface area contributed by atoms with Crippen molar-refractivity contribution in [3.63, 3.8) is 0 Å². The van der Waals surface area contributed by atoms with Crippen molar-refractivity contribution in [3.8, 4) is 51.0 Å². The molecule has 0 N–H and O–H groups in total.